The van der Waals surface area contributed by atoms with Crippen molar-refractivity contribution in [1.29, 1.82) is 0 Å². The first-order valence-electron chi connectivity index (χ1n) is 9.98. The van der Waals surface area contributed by atoms with E-state index in [9.17, 15) is 18.0 Å². The molecule has 0 unspecified atom stereocenters. The molecule has 1 aliphatic rings. The van der Waals surface area contributed by atoms with Gasteiger partial charge in [-0.3, -0.25) is 14.6 Å². The molecule has 9 heteroatoms. The zero-order chi connectivity index (χ0) is 22.0. The SMILES string of the molecule is Cc1ccc2nc(N(CCN3CCOCC3)C(=O)c3cccc(C(F)(F)F)c3)sc2c1. The van der Waals surface area contributed by atoms with Crippen molar-refractivity contribution in [2.24, 2.45) is 0 Å². The highest BCUT2D eigenvalue weighted by Crippen LogP contribution is 2.32. The number of carbonyl (C=O) groups excluding carboxylic acids is 1. The number of benzene rings is 2. The molecule has 0 atom stereocenters. The Morgan fingerprint density at radius 2 is 1.97 bits per heavy atom. The topological polar surface area (TPSA) is 45.7 Å². The molecule has 0 saturated carbocycles. The molecule has 4 rings (SSSR count). The van der Waals surface area contributed by atoms with E-state index in [0.717, 1.165) is 41.0 Å². The van der Waals surface area contributed by atoms with Gasteiger partial charge in [0.05, 0.1) is 29.0 Å². The van der Waals surface area contributed by atoms with E-state index >= 15 is 0 Å². The first-order chi connectivity index (χ1) is 14.8. The second kappa shape index (κ2) is 8.94. The lowest BCUT2D eigenvalue weighted by Crippen LogP contribution is -2.43. The number of thiazole rings is 1. The maximum atomic E-state index is 13.3. The van der Waals surface area contributed by atoms with Gasteiger partial charge >= 0.3 is 6.18 Å². The third kappa shape index (κ3) is 5.06. The van der Waals surface area contributed by atoms with Crippen LogP contribution in [-0.2, 0) is 10.9 Å². The van der Waals surface area contributed by atoms with Crippen molar-refractivity contribution < 1.29 is 22.7 Å². The number of aryl methyl sites for hydroxylation is 1. The molecule has 1 amide bonds. The molecule has 1 aromatic heterocycles. The number of hydrogen-bond donors (Lipinski definition) is 0. The van der Waals surface area contributed by atoms with Gasteiger partial charge in [-0.25, -0.2) is 4.98 Å². The number of rotatable bonds is 5. The summed E-state index contributed by atoms with van der Waals surface area (Å²) in [5, 5.41) is 0.483. The molecule has 1 aliphatic heterocycles. The molecule has 0 aliphatic carbocycles. The summed E-state index contributed by atoms with van der Waals surface area (Å²) in [6.07, 6.45) is -4.51. The lowest BCUT2D eigenvalue weighted by Gasteiger charge is -2.29. The number of alkyl halides is 3. The third-order valence-corrected chi connectivity index (χ3v) is 6.23. The van der Waals surface area contributed by atoms with Crippen molar-refractivity contribution in [3.05, 3.63) is 59.2 Å². The van der Waals surface area contributed by atoms with Crippen LogP contribution in [0.15, 0.2) is 42.5 Å². The number of fused-ring (bicyclic) bond motifs is 1. The van der Waals surface area contributed by atoms with Crippen LogP contribution in [-0.4, -0.2) is 55.2 Å². The Balaban J connectivity index is 1.66. The minimum absolute atomic E-state index is 0.00719. The third-order valence-electron chi connectivity index (χ3n) is 5.19. The Labute approximate surface area is 182 Å². The summed E-state index contributed by atoms with van der Waals surface area (Å²) >= 11 is 1.37. The number of carbonyl (C=O) groups is 1. The van der Waals surface area contributed by atoms with Crippen molar-refractivity contribution >= 4 is 32.6 Å². The lowest BCUT2D eigenvalue weighted by atomic mass is 10.1. The van der Waals surface area contributed by atoms with E-state index < -0.39 is 17.6 Å². The van der Waals surface area contributed by atoms with E-state index in [1.54, 1.807) is 0 Å². The smallest absolute Gasteiger partial charge is 0.379 e. The van der Waals surface area contributed by atoms with Crippen LogP contribution in [0.1, 0.15) is 21.5 Å². The van der Waals surface area contributed by atoms with Crippen LogP contribution in [0.3, 0.4) is 0 Å². The molecule has 5 nitrogen and oxygen atoms in total. The number of halogens is 3. The second-order valence-corrected chi connectivity index (χ2v) is 8.47. The summed E-state index contributed by atoms with van der Waals surface area (Å²) in [5.74, 6) is -0.491. The largest absolute Gasteiger partial charge is 0.416 e. The summed E-state index contributed by atoms with van der Waals surface area (Å²) in [4.78, 5) is 21.6. The van der Waals surface area contributed by atoms with E-state index in [-0.39, 0.29) is 5.56 Å². The van der Waals surface area contributed by atoms with Crippen LogP contribution in [0.2, 0.25) is 0 Å². The number of ether oxygens (including phenoxy) is 1. The van der Waals surface area contributed by atoms with E-state index in [2.05, 4.69) is 9.88 Å². The van der Waals surface area contributed by atoms with Crippen molar-refractivity contribution in [1.82, 2.24) is 9.88 Å². The molecule has 0 radical (unpaired) electrons. The number of morpholine rings is 1. The molecule has 164 valence electrons. The van der Waals surface area contributed by atoms with Gasteiger partial charge in [0.25, 0.3) is 5.91 Å². The molecule has 31 heavy (non-hydrogen) atoms. The molecule has 2 heterocycles. The lowest BCUT2D eigenvalue weighted by molar-refractivity contribution is -0.137. The van der Waals surface area contributed by atoms with Gasteiger partial charge in [0, 0.05) is 31.7 Å². The van der Waals surface area contributed by atoms with Gasteiger partial charge < -0.3 is 4.74 Å². The Bertz CT molecular complexity index is 1080. The van der Waals surface area contributed by atoms with Gasteiger partial charge in [-0.2, -0.15) is 13.2 Å². The van der Waals surface area contributed by atoms with E-state index in [0.29, 0.717) is 31.4 Å². The number of amides is 1. The zero-order valence-corrected chi connectivity index (χ0v) is 17.8. The van der Waals surface area contributed by atoms with Crippen LogP contribution in [0.25, 0.3) is 10.2 Å². The summed E-state index contributed by atoms with van der Waals surface area (Å²) in [7, 11) is 0. The maximum absolute atomic E-state index is 13.3. The zero-order valence-electron chi connectivity index (χ0n) is 17.0. The highest BCUT2D eigenvalue weighted by Gasteiger charge is 2.32. The molecular formula is C22H22F3N3O2S. The van der Waals surface area contributed by atoms with Crippen molar-refractivity contribution in [2.45, 2.75) is 13.1 Å². The average Bonchev–Trinajstić information content (AvgIpc) is 3.16. The summed E-state index contributed by atoms with van der Waals surface area (Å²) < 4.78 is 45.8. The molecule has 0 spiro atoms. The van der Waals surface area contributed by atoms with E-state index in [4.69, 9.17) is 4.74 Å². The summed E-state index contributed by atoms with van der Waals surface area (Å²) in [6.45, 7) is 5.65. The fourth-order valence-electron chi connectivity index (χ4n) is 3.47. The van der Waals surface area contributed by atoms with E-state index in [1.165, 1.54) is 28.4 Å². The van der Waals surface area contributed by atoms with Gasteiger partial charge in [0.15, 0.2) is 5.13 Å². The monoisotopic (exact) mass is 449 g/mol. The molecule has 0 N–H and O–H groups in total. The summed E-state index contributed by atoms with van der Waals surface area (Å²) in [6, 6.07) is 10.4. The second-order valence-electron chi connectivity index (χ2n) is 7.46. The van der Waals surface area contributed by atoms with Gasteiger partial charge in [-0.1, -0.05) is 23.5 Å². The normalized spacial score (nSPS) is 15.4. The number of nitrogens with zero attached hydrogens (tertiary/aromatic N) is 3. The van der Waals surface area contributed by atoms with Gasteiger partial charge in [0.1, 0.15) is 0 Å². The van der Waals surface area contributed by atoms with Crippen LogP contribution in [0.5, 0.6) is 0 Å². The number of hydrogen-bond acceptors (Lipinski definition) is 5. The minimum atomic E-state index is -4.51. The predicted octanol–water partition coefficient (Wildman–Crippen LogP) is 4.60. The summed E-state index contributed by atoms with van der Waals surface area (Å²) in [5.41, 5.74) is 0.990. The first-order valence-corrected chi connectivity index (χ1v) is 10.8. The Morgan fingerprint density at radius 3 is 2.71 bits per heavy atom. The van der Waals surface area contributed by atoms with Crippen LogP contribution < -0.4 is 4.90 Å². The predicted molar refractivity (Wildman–Crippen MR) is 115 cm³/mol. The molecule has 2 aromatic carbocycles. The van der Waals surface area contributed by atoms with Crippen molar-refractivity contribution in [3.63, 3.8) is 0 Å². The Morgan fingerprint density at radius 1 is 1.19 bits per heavy atom. The highest BCUT2D eigenvalue weighted by atomic mass is 32.1. The quantitative estimate of drug-likeness (QED) is 0.571. The van der Waals surface area contributed by atoms with Gasteiger partial charge in [-0.05, 0) is 42.8 Å². The van der Waals surface area contributed by atoms with E-state index in [1.807, 2.05) is 25.1 Å². The van der Waals surface area contributed by atoms with Crippen molar-refractivity contribution in [3.8, 4) is 0 Å². The van der Waals surface area contributed by atoms with Crippen molar-refractivity contribution in [2.75, 3.05) is 44.3 Å². The fourth-order valence-corrected chi connectivity index (χ4v) is 4.56. The van der Waals surface area contributed by atoms with Crippen LogP contribution >= 0.6 is 11.3 Å². The number of anilines is 1. The van der Waals surface area contributed by atoms with Gasteiger partial charge in [0.2, 0.25) is 0 Å². The minimum Gasteiger partial charge on any atom is -0.379 e. The van der Waals surface area contributed by atoms with Crippen LogP contribution in [0, 0.1) is 6.92 Å². The maximum Gasteiger partial charge on any atom is 0.416 e. The first kappa shape index (κ1) is 21.7. The molecule has 1 saturated heterocycles. The fraction of sp³-hybridized carbons (Fsp3) is 0.364. The van der Waals surface area contributed by atoms with Crippen LogP contribution in [0.4, 0.5) is 18.3 Å². The Kier molecular flexibility index (Phi) is 6.27. The standard InChI is InChI=1S/C22H22F3N3O2S/c1-15-5-6-18-19(13-15)31-21(26-18)28(8-7-27-9-11-30-12-10-27)20(29)16-3-2-4-17(14-16)22(23,24)25/h2-6,13-14H,7-12H2,1H3. The Hall–Kier alpha value is -2.49. The number of aromatic nitrogens is 1. The average molecular weight is 449 g/mol. The molecule has 0 bridgehead atoms. The molecule has 1 fully saturated rings. The van der Waals surface area contributed by atoms with Gasteiger partial charge in [-0.15, -0.1) is 0 Å². The molecular weight excluding hydrogens is 427 g/mol. The molecule has 3 aromatic rings. The highest BCUT2D eigenvalue weighted by molar-refractivity contribution is 7.22.